The van der Waals surface area contributed by atoms with Gasteiger partial charge in [0.1, 0.15) is 11.1 Å². The predicted molar refractivity (Wildman–Crippen MR) is 86.6 cm³/mol. The van der Waals surface area contributed by atoms with Crippen LogP contribution in [0.5, 0.6) is 0 Å². The van der Waals surface area contributed by atoms with Crippen LogP contribution in [-0.2, 0) is 20.0 Å². The van der Waals surface area contributed by atoms with Crippen molar-refractivity contribution in [2.24, 2.45) is 0 Å². The Labute approximate surface area is 138 Å². The Morgan fingerprint density at radius 1 is 1.13 bits per heavy atom. The summed E-state index contributed by atoms with van der Waals surface area (Å²) in [5.74, 6) is -0.549. The molecule has 10 heteroatoms. The standard InChI is InChI=1S/C13H15FN2O4S3/c1-15-23(19,20)16-9-13(12-3-2-8-21-12)22(17,18)11-6-4-10(14)5-7-11/h2-8,13,15-16H,9H2,1H3. The highest BCUT2D eigenvalue weighted by atomic mass is 32.2. The van der Waals surface area contributed by atoms with Gasteiger partial charge in [-0.3, -0.25) is 0 Å². The molecule has 0 aliphatic rings. The van der Waals surface area contributed by atoms with Crippen LogP contribution in [0, 0.1) is 5.82 Å². The molecular weight excluding hydrogens is 363 g/mol. The first-order valence-corrected chi connectivity index (χ1v) is 10.4. The van der Waals surface area contributed by atoms with Crippen molar-refractivity contribution in [1.82, 2.24) is 9.44 Å². The minimum atomic E-state index is -3.88. The molecule has 1 aromatic carbocycles. The number of sulfone groups is 1. The monoisotopic (exact) mass is 378 g/mol. The van der Waals surface area contributed by atoms with E-state index < -0.39 is 31.1 Å². The third-order valence-corrected chi connectivity index (χ3v) is 7.42. The first kappa shape index (κ1) is 18.0. The molecule has 2 N–H and O–H groups in total. The molecule has 2 aromatic rings. The van der Waals surface area contributed by atoms with Crippen molar-refractivity contribution in [3.8, 4) is 0 Å². The minimum Gasteiger partial charge on any atom is -0.223 e. The van der Waals surface area contributed by atoms with Gasteiger partial charge in [-0.25, -0.2) is 22.3 Å². The number of benzene rings is 1. The van der Waals surface area contributed by atoms with E-state index in [1.807, 2.05) is 0 Å². The third kappa shape index (κ3) is 4.36. The van der Waals surface area contributed by atoms with Gasteiger partial charge in [-0.1, -0.05) is 6.07 Å². The van der Waals surface area contributed by atoms with E-state index >= 15 is 0 Å². The summed E-state index contributed by atoms with van der Waals surface area (Å²) in [7, 11) is -6.44. The van der Waals surface area contributed by atoms with Crippen LogP contribution in [0.1, 0.15) is 10.1 Å². The number of thiophene rings is 1. The maximum Gasteiger partial charge on any atom is 0.276 e. The summed E-state index contributed by atoms with van der Waals surface area (Å²) in [6, 6.07) is 7.73. The molecule has 2 rings (SSSR count). The van der Waals surface area contributed by atoms with Crippen LogP contribution in [0.25, 0.3) is 0 Å². The Kier molecular flexibility index (Phi) is 5.53. The number of hydrogen-bond donors (Lipinski definition) is 2. The summed E-state index contributed by atoms with van der Waals surface area (Å²) in [5.41, 5.74) is 0. The lowest BCUT2D eigenvalue weighted by Crippen LogP contribution is -2.38. The van der Waals surface area contributed by atoms with Gasteiger partial charge in [0.05, 0.1) is 4.90 Å². The highest BCUT2D eigenvalue weighted by Crippen LogP contribution is 2.31. The first-order valence-electron chi connectivity index (χ1n) is 6.47. The molecule has 0 bridgehead atoms. The van der Waals surface area contributed by atoms with Crippen molar-refractivity contribution in [2.45, 2.75) is 10.1 Å². The summed E-state index contributed by atoms with van der Waals surface area (Å²) in [5, 5.41) is 0.603. The lowest BCUT2D eigenvalue weighted by Gasteiger charge is -2.17. The van der Waals surface area contributed by atoms with Crippen LogP contribution in [0.15, 0.2) is 46.7 Å². The minimum absolute atomic E-state index is 0.0686. The maximum atomic E-state index is 13.0. The van der Waals surface area contributed by atoms with Crippen LogP contribution in [0.3, 0.4) is 0 Å². The van der Waals surface area contributed by atoms with E-state index in [0.717, 1.165) is 24.3 Å². The molecule has 1 aromatic heterocycles. The van der Waals surface area contributed by atoms with Gasteiger partial charge in [-0.2, -0.15) is 8.42 Å². The van der Waals surface area contributed by atoms with E-state index in [0.29, 0.717) is 4.88 Å². The molecule has 0 aliphatic heterocycles. The lowest BCUT2D eigenvalue weighted by atomic mass is 10.3. The van der Waals surface area contributed by atoms with Crippen molar-refractivity contribution in [1.29, 1.82) is 0 Å². The van der Waals surface area contributed by atoms with Crippen LogP contribution in [0.4, 0.5) is 4.39 Å². The average Bonchev–Trinajstić information content (AvgIpc) is 3.01. The number of rotatable bonds is 7. The van der Waals surface area contributed by atoms with E-state index in [1.54, 1.807) is 17.5 Å². The van der Waals surface area contributed by atoms with Gasteiger partial charge in [0.25, 0.3) is 10.2 Å². The largest absolute Gasteiger partial charge is 0.276 e. The van der Waals surface area contributed by atoms with E-state index in [4.69, 9.17) is 0 Å². The molecular formula is C13H15FN2O4S3. The first-order chi connectivity index (χ1) is 10.8. The second-order valence-corrected chi connectivity index (χ2v) is 9.37. The van der Waals surface area contributed by atoms with Crippen LogP contribution in [-0.4, -0.2) is 30.4 Å². The maximum absolute atomic E-state index is 13.0. The van der Waals surface area contributed by atoms with Gasteiger partial charge in [-0.05, 0) is 35.7 Å². The van der Waals surface area contributed by atoms with Crippen molar-refractivity contribution in [3.05, 3.63) is 52.5 Å². The molecule has 0 aliphatic carbocycles. The number of hydrogen-bond acceptors (Lipinski definition) is 5. The molecule has 1 heterocycles. The van der Waals surface area contributed by atoms with E-state index in [1.165, 1.54) is 18.4 Å². The van der Waals surface area contributed by atoms with Crippen molar-refractivity contribution in [3.63, 3.8) is 0 Å². The van der Waals surface area contributed by atoms with Crippen molar-refractivity contribution >= 4 is 31.4 Å². The van der Waals surface area contributed by atoms with E-state index in [-0.39, 0.29) is 11.4 Å². The van der Waals surface area contributed by atoms with Crippen molar-refractivity contribution < 1.29 is 21.2 Å². The van der Waals surface area contributed by atoms with Gasteiger partial charge < -0.3 is 0 Å². The fourth-order valence-electron chi connectivity index (χ4n) is 1.88. The summed E-state index contributed by atoms with van der Waals surface area (Å²) in [6.45, 7) is -0.330. The Morgan fingerprint density at radius 3 is 2.30 bits per heavy atom. The summed E-state index contributed by atoms with van der Waals surface area (Å²) in [4.78, 5) is 0.425. The lowest BCUT2D eigenvalue weighted by molar-refractivity contribution is 0.564. The Balaban J connectivity index is 2.39. The molecule has 0 saturated heterocycles. The van der Waals surface area contributed by atoms with E-state index in [9.17, 15) is 21.2 Å². The molecule has 23 heavy (non-hydrogen) atoms. The zero-order chi connectivity index (χ0) is 17.1. The molecule has 0 amide bonds. The Bertz CT molecular complexity index is 847. The quantitative estimate of drug-likeness (QED) is 0.714. The second-order valence-electron chi connectivity index (χ2n) is 4.56. The zero-order valence-corrected chi connectivity index (χ0v) is 14.5. The molecule has 6 nitrogen and oxygen atoms in total. The molecule has 1 unspecified atom stereocenters. The molecule has 0 radical (unpaired) electrons. The average molecular weight is 378 g/mol. The molecule has 0 spiro atoms. The fraction of sp³-hybridized carbons (Fsp3) is 0.231. The normalized spacial score (nSPS) is 13.8. The Morgan fingerprint density at radius 2 is 1.78 bits per heavy atom. The summed E-state index contributed by atoms with van der Waals surface area (Å²) in [6.07, 6.45) is 0. The third-order valence-electron chi connectivity index (χ3n) is 3.10. The van der Waals surface area contributed by atoms with Gasteiger partial charge in [0.15, 0.2) is 9.84 Å². The Hall–Kier alpha value is -1.33. The molecule has 126 valence electrons. The highest BCUT2D eigenvalue weighted by Gasteiger charge is 2.31. The van der Waals surface area contributed by atoms with Gasteiger partial charge >= 0.3 is 0 Å². The summed E-state index contributed by atoms with van der Waals surface area (Å²) < 4.78 is 65.9. The van der Waals surface area contributed by atoms with Crippen LogP contribution < -0.4 is 9.44 Å². The SMILES string of the molecule is CNS(=O)(=O)NCC(c1cccs1)S(=O)(=O)c1ccc(F)cc1. The van der Waals surface area contributed by atoms with Gasteiger partial charge in [-0.15, -0.1) is 11.3 Å². The highest BCUT2D eigenvalue weighted by molar-refractivity contribution is 7.92. The van der Waals surface area contributed by atoms with Gasteiger partial charge in [0, 0.05) is 18.5 Å². The van der Waals surface area contributed by atoms with Crippen LogP contribution >= 0.6 is 11.3 Å². The topological polar surface area (TPSA) is 92.3 Å². The van der Waals surface area contributed by atoms with Crippen LogP contribution in [0.2, 0.25) is 0 Å². The van der Waals surface area contributed by atoms with Gasteiger partial charge in [0.2, 0.25) is 0 Å². The zero-order valence-electron chi connectivity index (χ0n) is 12.1. The molecule has 1 atom stereocenters. The molecule has 0 saturated carbocycles. The van der Waals surface area contributed by atoms with E-state index in [2.05, 4.69) is 9.44 Å². The molecule has 0 fully saturated rings. The smallest absolute Gasteiger partial charge is 0.223 e. The number of nitrogens with one attached hydrogen (secondary N) is 2. The fourth-order valence-corrected chi connectivity index (χ4v) is 5.30. The van der Waals surface area contributed by atoms with Crippen molar-refractivity contribution in [2.75, 3.05) is 13.6 Å². The number of halogens is 1. The predicted octanol–water partition coefficient (Wildman–Crippen LogP) is 1.46. The second kappa shape index (κ2) is 7.05. The summed E-state index contributed by atoms with van der Waals surface area (Å²) >= 11 is 1.21.